The zero-order valence-electron chi connectivity index (χ0n) is 13.0. The summed E-state index contributed by atoms with van der Waals surface area (Å²) in [7, 11) is 0. The zero-order chi connectivity index (χ0) is 16.2. The van der Waals surface area contributed by atoms with E-state index in [0.717, 1.165) is 42.1 Å². The highest BCUT2D eigenvalue weighted by molar-refractivity contribution is 5.87. The van der Waals surface area contributed by atoms with Crippen LogP contribution in [0, 0.1) is 5.92 Å². The lowest BCUT2D eigenvalue weighted by atomic mass is 9.88. The SMILES string of the molecule is O=C(N[C@@H](Cc1c[nH]c2ccccc12)C(=O)O)C1CCCCC1. The molecule has 5 heteroatoms. The number of amides is 1. The molecule has 1 aliphatic rings. The number of H-pyrrole nitrogens is 1. The molecule has 0 saturated heterocycles. The first-order valence-corrected chi connectivity index (χ1v) is 8.23. The number of nitrogens with one attached hydrogen (secondary N) is 2. The summed E-state index contributed by atoms with van der Waals surface area (Å²) in [4.78, 5) is 27.0. The van der Waals surface area contributed by atoms with Crippen LogP contribution in [0.5, 0.6) is 0 Å². The molecule has 122 valence electrons. The molecular weight excluding hydrogens is 292 g/mol. The van der Waals surface area contributed by atoms with Gasteiger partial charge in [-0.15, -0.1) is 0 Å². The van der Waals surface area contributed by atoms with Crippen LogP contribution in [0.15, 0.2) is 30.5 Å². The number of carboxylic acids is 1. The Morgan fingerprint density at radius 3 is 2.70 bits per heavy atom. The molecule has 5 nitrogen and oxygen atoms in total. The van der Waals surface area contributed by atoms with Gasteiger partial charge in [0.1, 0.15) is 6.04 Å². The van der Waals surface area contributed by atoms with Crippen LogP contribution in [0.3, 0.4) is 0 Å². The Morgan fingerprint density at radius 2 is 1.96 bits per heavy atom. The maximum absolute atomic E-state index is 12.3. The van der Waals surface area contributed by atoms with Gasteiger partial charge in [0.2, 0.25) is 5.91 Å². The minimum Gasteiger partial charge on any atom is -0.480 e. The number of para-hydroxylation sites is 1. The van der Waals surface area contributed by atoms with Crippen LogP contribution in [-0.4, -0.2) is 28.0 Å². The van der Waals surface area contributed by atoms with Crippen molar-refractivity contribution in [2.75, 3.05) is 0 Å². The molecule has 1 heterocycles. The van der Waals surface area contributed by atoms with E-state index in [1.54, 1.807) is 0 Å². The smallest absolute Gasteiger partial charge is 0.326 e. The Bertz CT molecular complexity index is 701. The highest BCUT2D eigenvalue weighted by Gasteiger charge is 2.27. The van der Waals surface area contributed by atoms with Crippen molar-refractivity contribution in [3.05, 3.63) is 36.0 Å². The molecule has 1 aromatic carbocycles. The van der Waals surface area contributed by atoms with Crippen LogP contribution in [0.2, 0.25) is 0 Å². The maximum atomic E-state index is 12.3. The molecule has 23 heavy (non-hydrogen) atoms. The van der Waals surface area contributed by atoms with Gasteiger partial charge in [-0.1, -0.05) is 37.5 Å². The second kappa shape index (κ2) is 6.86. The predicted molar refractivity (Wildman–Crippen MR) is 88.1 cm³/mol. The van der Waals surface area contributed by atoms with Crippen molar-refractivity contribution in [3.8, 4) is 0 Å². The number of carbonyl (C=O) groups is 2. The topological polar surface area (TPSA) is 82.2 Å². The minimum absolute atomic E-state index is 0.0337. The number of carboxylic acid groups (broad SMARTS) is 1. The van der Waals surface area contributed by atoms with Crippen molar-refractivity contribution in [1.82, 2.24) is 10.3 Å². The molecule has 2 aromatic rings. The lowest BCUT2D eigenvalue weighted by molar-refractivity contribution is -0.142. The fraction of sp³-hybridized carbons (Fsp3) is 0.444. The molecule has 1 aromatic heterocycles. The summed E-state index contributed by atoms with van der Waals surface area (Å²) < 4.78 is 0. The van der Waals surface area contributed by atoms with Gasteiger partial charge in [0, 0.05) is 29.4 Å². The minimum atomic E-state index is -0.987. The fourth-order valence-corrected chi connectivity index (χ4v) is 3.37. The van der Waals surface area contributed by atoms with Gasteiger partial charge in [-0.3, -0.25) is 4.79 Å². The van der Waals surface area contributed by atoms with Crippen LogP contribution in [0.4, 0.5) is 0 Å². The Labute approximate surface area is 135 Å². The lowest BCUT2D eigenvalue weighted by Gasteiger charge is -2.23. The van der Waals surface area contributed by atoms with Crippen molar-refractivity contribution in [3.63, 3.8) is 0 Å². The number of carbonyl (C=O) groups excluding carboxylic acids is 1. The molecule has 0 bridgehead atoms. The molecule has 3 N–H and O–H groups in total. The number of hydrogen-bond acceptors (Lipinski definition) is 2. The molecule has 1 fully saturated rings. The molecule has 1 saturated carbocycles. The molecular formula is C18H22N2O3. The van der Waals surface area contributed by atoms with E-state index in [2.05, 4.69) is 10.3 Å². The van der Waals surface area contributed by atoms with Crippen LogP contribution in [0.1, 0.15) is 37.7 Å². The van der Waals surface area contributed by atoms with Crippen molar-refractivity contribution in [2.24, 2.45) is 5.92 Å². The summed E-state index contributed by atoms with van der Waals surface area (Å²) in [5.74, 6) is -1.13. The molecule has 0 aliphatic heterocycles. The largest absolute Gasteiger partial charge is 0.480 e. The van der Waals surface area contributed by atoms with E-state index in [9.17, 15) is 14.7 Å². The van der Waals surface area contributed by atoms with Gasteiger partial charge in [-0.2, -0.15) is 0 Å². The van der Waals surface area contributed by atoms with E-state index in [4.69, 9.17) is 0 Å². The number of fused-ring (bicyclic) bond motifs is 1. The van der Waals surface area contributed by atoms with Gasteiger partial charge in [0.05, 0.1) is 0 Å². The predicted octanol–water partition coefficient (Wildman–Crippen LogP) is 2.86. The van der Waals surface area contributed by atoms with E-state index in [1.807, 2.05) is 30.5 Å². The number of hydrogen-bond donors (Lipinski definition) is 3. The summed E-state index contributed by atoms with van der Waals surface area (Å²) in [5, 5.41) is 13.2. The summed E-state index contributed by atoms with van der Waals surface area (Å²) in [6.07, 6.45) is 7.12. The van der Waals surface area contributed by atoms with Crippen molar-refractivity contribution < 1.29 is 14.7 Å². The summed E-state index contributed by atoms with van der Waals surface area (Å²) in [6, 6.07) is 6.89. The quantitative estimate of drug-likeness (QED) is 0.793. The Hall–Kier alpha value is -2.30. The van der Waals surface area contributed by atoms with Crippen molar-refractivity contribution >= 4 is 22.8 Å². The normalized spacial score (nSPS) is 17.0. The molecule has 0 radical (unpaired) electrons. The zero-order valence-corrected chi connectivity index (χ0v) is 13.0. The van der Waals surface area contributed by atoms with Crippen LogP contribution in [-0.2, 0) is 16.0 Å². The molecule has 0 spiro atoms. The average molecular weight is 314 g/mol. The number of benzene rings is 1. The van der Waals surface area contributed by atoms with Crippen molar-refractivity contribution in [1.29, 1.82) is 0 Å². The van der Waals surface area contributed by atoms with Gasteiger partial charge in [-0.25, -0.2) is 4.79 Å². The standard InChI is InChI=1S/C18H22N2O3/c21-17(12-6-2-1-3-7-12)20-16(18(22)23)10-13-11-19-15-9-5-4-8-14(13)15/h4-5,8-9,11-12,16,19H,1-3,6-7,10H2,(H,20,21)(H,22,23)/t16-/m0/s1. The van der Waals surface area contributed by atoms with E-state index < -0.39 is 12.0 Å². The Morgan fingerprint density at radius 1 is 1.22 bits per heavy atom. The van der Waals surface area contributed by atoms with Crippen LogP contribution < -0.4 is 5.32 Å². The van der Waals surface area contributed by atoms with E-state index in [1.165, 1.54) is 6.42 Å². The Kier molecular flexibility index (Phi) is 4.65. The number of aromatic amines is 1. The molecule has 1 aliphatic carbocycles. The third kappa shape index (κ3) is 3.55. The third-order valence-electron chi connectivity index (χ3n) is 4.69. The Balaban J connectivity index is 1.71. The van der Waals surface area contributed by atoms with Gasteiger partial charge in [-0.05, 0) is 24.5 Å². The third-order valence-corrected chi connectivity index (χ3v) is 4.69. The average Bonchev–Trinajstić information content (AvgIpc) is 2.98. The molecule has 0 unspecified atom stereocenters. The molecule has 1 atom stereocenters. The second-order valence-corrected chi connectivity index (χ2v) is 6.30. The van der Waals surface area contributed by atoms with Crippen molar-refractivity contribution in [2.45, 2.75) is 44.6 Å². The van der Waals surface area contributed by atoms with Crippen LogP contribution in [0.25, 0.3) is 10.9 Å². The van der Waals surface area contributed by atoms with E-state index >= 15 is 0 Å². The summed E-state index contributed by atoms with van der Waals surface area (Å²) >= 11 is 0. The monoisotopic (exact) mass is 314 g/mol. The van der Waals surface area contributed by atoms with Gasteiger partial charge < -0.3 is 15.4 Å². The van der Waals surface area contributed by atoms with Gasteiger partial charge in [0.15, 0.2) is 0 Å². The number of aromatic nitrogens is 1. The number of rotatable bonds is 5. The van der Waals surface area contributed by atoms with Gasteiger partial charge in [0.25, 0.3) is 0 Å². The first-order valence-electron chi connectivity index (χ1n) is 8.23. The van der Waals surface area contributed by atoms with Gasteiger partial charge >= 0.3 is 5.97 Å². The van der Waals surface area contributed by atoms with E-state index in [0.29, 0.717) is 0 Å². The molecule has 3 rings (SSSR count). The van der Waals surface area contributed by atoms with Crippen LogP contribution >= 0.6 is 0 Å². The summed E-state index contributed by atoms with van der Waals surface area (Å²) in [6.45, 7) is 0. The lowest BCUT2D eigenvalue weighted by Crippen LogP contribution is -2.45. The maximum Gasteiger partial charge on any atom is 0.326 e. The summed E-state index contributed by atoms with van der Waals surface area (Å²) in [5.41, 5.74) is 1.89. The highest BCUT2D eigenvalue weighted by Crippen LogP contribution is 2.24. The molecule has 1 amide bonds. The first-order chi connectivity index (χ1) is 11.1. The number of aliphatic carboxylic acids is 1. The second-order valence-electron chi connectivity index (χ2n) is 6.30. The first kappa shape index (κ1) is 15.6. The highest BCUT2D eigenvalue weighted by atomic mass is 16.4. The fourth-order valence-electron chi connectivity index (χ4n) is 3.37. The van der Waals surface area contributed by atoms with E-state index in [-0.39, 0.29) is 18.2 Å².